The first-order valence-corrected chi connectivity index (χ1v) is 7.24. The van der Waals surface area contributed by atoms with Gasteiger partial charge in [0.15, 0.2) is 0 Å². The first-order chi connectivity index (χ1) is 9.41. The second kappa shape index (κ2) is 4.72. The molecule has 0 bridgehead atoms. The molecule has 5 heteroatoms. The van der Waals surface area contributed by atoms with Gasteiger partial charge in [-0.1, -0.05) is 11.6 Å². The summed E-state index contributed by atoms with van der Waals surface area (Å²) in [6.07, 6.45) is 0.923. The Morgan fingerprint density at radius 2 is 2.25 bits per heavy atom. The summed E-state index contributed by atoms with van der Waals surface area (Å²) in [5.41, 5.74) is 1.57. The Bertz CT molecular complexity index is 564. The quantitative estimate of drug-likeness (QED) is 0.882. The van der Waals surface area contributed by atoms with Gasteiger partial charge in [-0.25, -0.2) is 0 Å². The summed E-state index contributed by atoms with van der Waals surface area (Å²) in [5, 5.41) is 13.7. The zero-order valence-electron chi connectivity index (χ0n) is 11.6. The van der Waals surface area contributed by atoms with Gasteiger partial charge in [-0.3, -0.25) is 4.79 Å². The first-order valence-electron chi connectivity index (χ1n) is 6.86. The lowest BCUT2D eigenvalue weighted by Crippen LogP contribution is -2.27. The van der Waals surface area contributed by atoms with Crippen LogP contribution in [0.1, 0.15) is 43.9 Å². The number of carbonyl (C=O) groups excluding carboxylic acids is 1. The highest BCUT2D eigenvalue weighted by Crippen LogP contribution is 2.43. The predicted molar refractivity (Wildman–Crippen MR) is 77.0 cm³/mol. The molecule has 0 spiro atoms. The zero-order chi connectivity index (χ0) is 14.5. The minimum atomic E-state index is -0.702. The lowest BCUT2D eigenvalue weighted by molar-refractivity contribution is -0.119. The number of hydrogen-bond donors (Lipinski definition) is 2. The van der Waals surface area contributed by atoms with E-state index in [9.17, 15) is 9.90 Å². The summed E-state index contributed by atoms with van der Waals surface area (Å²) in [7, 11) is 0. The molecule has 3 rings (SSSR count). The normalized spacial score (nSPS) is 25.4. The Balaban J connectivity index is 2.01. The van der Waals surface area contributed by atoms with Crippen molar-refractivity contribution in [1.82, 2.24) is 0 Å². The smallest absolute Gasteiger partial charge is 0.234 e. The lowest BCUT2D eigenvalue weighted by Gasteiger charge is -2.21. The number of benzene rings is 1. The van der Waals surface area contributed by atoms with E-state index in [2.05, 4.69) is 5.32 Å². The summed E-state index contributed by atoms with van der Waals surface area (Å²) in [4.78, 5) is 12.0. The molecule has 2 unspecified atom stereocenters. The molecule has 2 heterocycles. The average molecular weight is 296 g/mol. The van der Waals surface area contributed by atoms with Gasteiger partial charge in [0.1, 0.15) is 6.10 Å². The highest BCUT2D eigenvalue weighted by molar-refractivity contribution is 6.35. The van der Waals surface area contributed by atoms with Gasteiger partial charge in [-0.2, -0.15) is 0 Å². The van der Waals surface area contributed by atoms with Crippen molar-refractivity contribution in [1.29, 1.82) is 0 Å². The van der Waals surface area contributed by atoms with Crippen LogP contribution in [0.2, 0.25) is 5.02 Å². The van der Waals surface area contributed by atoms with E-state index in [1.165, 1.54) is 0 Å². The second-order valence-corrected chi connectivity index (χ2v) is 6.41. The van der Waals surface area contributed by atoms with E-state index in [0.29, 0.717) is 22.9 Å². The first kappa shape index (κ1) is 13.9. The summed E-state index contributed by atoms with van der Waals surface area (Å²) < 4.78 is 5.53. The SMILES string of the molecule is CC1(C)C(=O)Nc2c(Cl)cc(C(O)C3CCCO3)cc21. The molecule has 2 atom stereocenters. The van der Waals surface area contributed by atoms with E-state index >= 15 is 0 Å². The second-order valence-electron chi connectivity index (χ2n) is 6.00. The summed E-state index contributed by atoms with van der Waals surface area (Å²) >= 11 is 6.25. The maximum absolute atomic E-state index is 12.0. The van der Waals surface area contributed by atoms with Crippen LogP contribution in [0.25, 0.3) is 0 Å². The molecule has 2 N–H and O–H groups in total. The van der Waals surface area contributed by atoms with E-state index in [4.69, 9.17) is 16.3 Å². The topological polar surface area (TPSA) is 58.6 Å². The van der Waals surface area contributed by atoms with Gasteiger partial charge < -0.3 is 15.2 Å². The summed E-state index contributed by atoms with van der Waals surface area (Å²) in [6.45, 7) is 4.39. The van der Waals surface area contributed by atoms with Crippen LogP contribution in [0.15, 0.2) is 12.1 Å². The number of fused-ring (bicyclic) bond motifs is 1. The van der Waals surface area contributed by atoms with Crippen molar-refractivity contribution < 1.29 is 14.6 Å². The molecule has 0 radical (unpaired) electrons. The third kappa shape index (κ3) is 2.03. The molecule has 2 aliphatic rings. The molecule has 1 aromatic carbocycles. The van der Waals surface area contributed by atoms with E-state index in [1.54, 1.807) is 6.07 Å². The number of nitrogens with one attached hydrogen (secondary N) is 1. The number of aliphatic hydroxyl groups excluding tert-OH is 1. The van der Waals surface area contributed by atoms with Crippen molar-refractivity contribution in [3.8, 4) is 0 Å². The van der Waals surface area contributed by atoms with Crippen LogP contribution in [-0.2, 0) is 14.9 Å². The van der Waals surface area contributed by atoms with Gasteiger partial charge in [0, 0.05) is 6.61 Å². The standard InChI is InChI=1S/C15H18ClNO3/c1-15(2)9-6-8(13(18)11-4-3-5-20-11)7-10(16)12(9)17-14(15)19/h6-7,11,13,18H,3-5H2,1-2H3,(H,17,19). The van der Waals surface area contributed by atoms with Crippen LogP contribution in [0, 0.1) is 0 Å². The number of halogens is 1. The number of ether oxygens (including phenoxy) is 1. The fourth-order valence-corrected chi connectivity index (χ4v) is 3.15. The molecule has 108 valence electrons. The number of hydrogen-bond acceptors (Lipinski definition) is 3. The highest BCUT2D eigenvalue weighted by atomic mass is 35.5. The Labute approximate surface area is 123 Å². The van der Waals surface area contributed by atoms with Crippen LogP contribution >= 0.6 is 11.6 Å². The molecule has 1 fully saturated rings. The van der Waals surface area contributed by atoms with Crippen molar-refractivity contribution in [2.45, 2.75) is 44.3 Å². The predicted octanol–water partition coefficient (Wildman–Crippen LogP) is 2.78. The minimum Gasteiger partial charge on any atom is -0.386 e. The Hall–Kier alpha value is -1.10. The zero-order valence-corrected chi connectivity index (χ0v) is 12.3. The summed E-state index contributed by atoms with van der Waals surface area (Å²) in [6, 6.07) is 3.58. The fourth-order valence-electron chi connectivity index (χ4n) is 2.88. The van der Waals surface area contributed by atoms with Gasteiger partial charge in [0.2, 0.25) is 5.91 Å². The van der Waals surface area contributed by atoms with Crippen molar-refractivity contribution in [3.05, 3.63) is 28.3 Å². The van der Waals surface area contributed by atoms with E-state index in [1.807, 2.05) is 19.9 Å². The summed E-state index contributed by atoms with van der Waals surface area (Å²) in [5.74, 6) is -0.0712. The Morgan fingerprint density at radius 3 is 2.90 bits per heavy atom. The van der Waals surface area contributed by atoms with Crippen LogP contribution in [-0.4, -0.2) is 23.7 Å². The van der Waals surface area contributed by atoms with Crippen LogP contribution < -0.4 is 5.32 Å². The molecule has 0 aromatic heterocycles. The van der Waals surface area contributed by atoms with Crippen molar-refractivity contribution >= 4 is 23.2 Å². The number of amides is 1. The van der Waals surface area contributed by atoms with Crippen molar-refractivity contribution in [3.63, 3.8) is 0 Å². The maximum atomic E-state index is 12.0. The van der Waals surface area contributed by atoms with Gasteiger partial charge in [0.05, 0.1) is 22.2 Å². The molecule has 1 saturated heterocycles. The molecule has 0 saturated carbocycles. The molecule has 1 amide bonds. The lowest BCUT2D eigenvalue weighted by atomic mass is 9.84. The van der Waals surface area contributed by atoms with Gasteiger partial charge >= 0.3 is 0 Å². The minimum absolute atomic E-state index is 0.0712. The fraction of sp³-hybridized carbons (Fsp3) is 0.533. The molecular weight excluding hydrogens is 278 g/mol. The Morgan fingerprint density at radius 1 is 1.50 bits per heavy atom. The molecule has 0 aliphatic carbocycles. The molecule has 4 nitrogen and oxygen atoms in total. The van der Waals surface area contributed by atoms with Crippen LogP contribution in [0.4, 0.5) is 5.69 Å². The molecule has 2 aliphatic heterocycles. The van der Waals surface area contributed by atoms with Gasteiger partial charge in [-0.15, -0.1) is 0 Å². The molecule has 20 heavy (non-hydrogen) atoms. The van der Waals surface area contributed by atoms with E-state index < -0.39 is 11.5 Å². The third-order valence-electron chi connectivity index (χ3n) is 4.25. The number of carbonyl (C=O) groups is 1. The highest BCUT2D eigenvalue weighted by Gasteiger charge is 2.40. The molecule has 1 aromatic rings. The van der Waals surface area contributed by atoms with E-state index in [0.717, 1.165) is 18.4 Å². The van der Waals surface area contributed by atoms with Crippen molar-refractivity contribution in [2.75, 3.05) is 11.9 Å². The maximum Gasteiger partial charge on any atom is 0.234 e. The Kier molecular flexibility index (Phi) is 3.27. The monoisotopic (exact) mass is 295 g/mol. The number of anilines is 1. The largest absolute Gasteiger partial charge is 0.386 e. The van der Waals surface area contributed by atoms with Crippen LogP contribution in [0.5, 0.6) is 0 Å². The van der Waals surface area contributed by atoms with Gasteiger partial charge in [0.25, 0.3) is 0 Å². The number of aliphatic hydroxyl groups is 1. The average Bonchev–Trinajstić information content (AvgIpc) is 2.99. The number of rotatable bonds is 2. The third-order valence-corrected chi connectivity index (χ3v) is 4.55. The van der Waals surface area contributed by atoms with Crippen molar-refractivity contribution in [2.24, 2.45) is 0 Å². The van der Waals surface area contributed by atoms with Gasteiger partial charge in [-0.05, 0) is 49.9 Å². The molecular formula is C15H18ClNO3. The van der Waals surface area contributed by atoms with Crippen LogP contribution in [0.3, 0.4) is 0 Å². The van der Waals surface area contributed by atoms with E-state index in [-0.39, 0.29) is 12.0 Å².